The molecule has 1 rings (SSSR count). The highest BCUT2D eigenvalue weighted by atomic mass is 19.1. The fraction of sp³-hybridized carbons (Fsp3) is 0.667. The Morgan fingerprint density at radius 3 is 2.57 bits per heavy atom. The first-order valence-corrected chi connectivity index (χ1v) is 8.28. The zero-order chi connectivity index (χ0) is 15.5. The van der Waals surface area contributed by atoms with Crippen LogP contribution < -0.4 is 5.32 Å². The Labute approximate surface area is 129 Å². The molecule has 0 aliphatic rings. The molecule has 0 radical (unpaired) electrons. The summed E-state index contributed by atoms with van der Waals surface area (Å²) >= 11 is 0. The van der Waals surface area contributed by atoms with Crippen molar-refractivity contribution in [2.24, 2.45) is 0 Å². The maximum absolute atomic E-state index is 13.9. The summed E-state index contributed by atoms with van der Waals surface area (Å²) in [5, 5.41) is 3.31. The second-order valence-electron chi connectivity index (χ2n) is 5.63. The molecule has 120 valence electrons. The van der Waals surface area contributed by atoms with Crippen LogP contribution in [0.2, 0.25) is 0 Å². The molecule has 0 aliphatic carbocycles. The lowest BCUT2D eigenvalue weighted by atomic mass is 10.1. The molecular formula is C18H30FNO. The summed E-state index contributed by atoms with van der Waals surface area (Å²) in [5.74, 6) is -0.164. The number of rotatable bonds is 11. The Kier molecular flexibility index (Phi) is 9.27. The van der Waals surface area contributed by atoms with E-state index < -0.39 is 0 Å². The summed E-state index contributed by atoms with van der Waals surface area (Å²) < 4.78 is 19.8. The van der Waals surface area contributed by atoms with Crippen LogP contribution in [0.25, 0.3) is 0 Å². The van der Waals surface area contributed by atoms with E-state index in [9.17, 15) is 4.39 Å². The van der Waals surface area contributed by atoms with Crippen molar-refractivity contribution >= 4 is 0 Å². The number of hydrogen-bond acceptors (Lipinski definition) is 2. The molecule has 2 unspecified atom stereocenters. The van der Waals surface area contributed by atoms with Crippen LogP contribution in [0, 0.1) is 5.82 Å². The van der Waals surface area contributed by atoms with E-state index >= 15 is 0 Å². The highest BCUT2D eigenvalue weighted by Gasteiger charge is 2.15. The fourth-order valence-electron chi connectivity index (χ4n) is 2.47. The van der Waals surface area contributed by atoms with Gasteiger partial charge in [-0.05, 0) is 26.0 Å². The van der Waals surface area contributed by atoms with Gasteiger partial charge in [0.15, 0.2) is 0 Å². The largest absolute Gasteiger partial charge is 0.377 e. The smallest absolute Gasteiger partial charge is 0.128 e. The highest BCUT2D eigenvalue weighted by molar-refractivity contribution is 5.21. The summed E-state index contributed by atoms with van der Waals surface area (Å²) in [4.78, 5) is 0. The van der Waals surface area contributed by atoms with Gasteiger partial charge in [-0.1, -0.05) is 57.7 Å². The Morgan fingerprint density at radius 2 is 1.90 bits per heavy atom. The van der Waals surface area contributed by atoms with Crippen LogP contribution in [0.15, 0.2) is 24.3 Å². The molecule has 0 saturated carbocycles. The summed E-state index contributed by atoms with van der Waals surface area (Å²) in [7, 11) is 0. The minimum Gasteiger partial charge on any atom is -0.377 e. The maximum atomic E-state index is 13.9. The van der Waals surface area contributed by atoms with Crippen LogP contribution in [0.5, 0.6) is 0 Å². The van der Waals surface area contributed by atoms with Gasteiger partial charge in [-0.15, -0.1) is 0 Å². The van der Waals surface area contributed by atoms with E-state index in [-0.39, 0.29) is 18.0 Å². The molecule has 0 fully saturated rings. The summed E-state index contributed by atoms with van der Waals surface area (Å²) in [6, 6.07) is 6.86. The van der Waals surface area contributed by atoms with E-state index in [2.05, 4.69) is 19.2 Å². The molecule has 0 aromatic heterocycles. The van der Waals surface area contributed by atoms with Crippen LogP contribution in [0.3, 0.4) is 0 Å². The molecule has 0 spiro atoms. The number of unbranched alkanes of at least 4 members (excludes halogenated alkanes) is 3. The standard InChI is InChI=1S/C18H30FNO/c1-4-6-7-8-11-15(3)21-14-18(20-5-2)16-12-9-10-13-17(16)19/h9-10,12-13,15,18,20H,4-8,11,14H2,1-3H3. The Morgan fingerprint density at radius 1 is 1.14 bits per heavy atom. The first kappa shape index (κ1) is 18.1. The molecule has 0 amide bonds. The minimum absolute atomic E-state index is 0.0747. The van der Waals surface area contributed by atoms with Gasteiger partial charge < -0.3 is 10.1 Å². The van der Waals surface area contributed by atoms with E-state index in [1.165, 1.54) is 31.7 Å². The number of ether oxygens (including phenoxy) is 1. The average Bonchev–Trinajstić information content (AvgIpc) is 2.49. The van der Waals surface area contributed by atoms with E-state index in [1.807, 2.05) is 19.1 Å². The van der Waals surface area contributed by atoms with Crippen molar-refractivity contribution in [1.82, 2.24) is 5.32 Å². The quantitative estimate of drug-likeness (QED) is 0.589. The van der Waals surface area contributed by atoms with Gasteiger partial charge in [-0.25, -0.2) is 4.39 Å². The van der Waals surface area contributed by atoms with Gasteiger partial charge in [0.05, 0.1) is 18.8 Å². The van der Waals surface area contributed by atoms with E-state index in [1.54, 1.807) is 6.07 Å². The average molecular weight is 295 g/mol. The molecule has 2 nitrogen and oxygen atoms in total. The van der Waals surface area contributed by atoms with Crippen molar-refractivity contribution in [2.45, 2.75) is 65.0 Å². The number of likely N-dealkylation sites (N-methyl/N-ethyl adjacent to an activating group) is 1. The van der Waals surface area contributed by atoms with Crippen LogP contribution in [-0.4, -0.2) is 19.3 Å². The first-order chi connectivity index (χ1) is 10.2. The predicted molar refractivity (Wildman–Crippen MR) is 87.0 cm³/mol. The molecular weight excluding hydrogens is 265 g/mol. The van der Waals surface area contributed by atoms with Crippen LogP contribution in [0.1, 0.15) is 64.5 Å². The molecule has 0 bridgehead atoms. The third-order valence-electron chi connectivity index (χ3n) is 3.74. The predicted octanol–water partition coefficient (Wildman–Crippen LogP) is 4.85. The Bertz CT molecular complexity index is 383. The molecule has 21 heavy (non-hydrogen) atoms. The van der Waals surface area contributed by atoms with Crippen molar-refractivity contribution in [3.8, 4) is 0 Å². The zero-order valence-electron chi connectivity index (χ0n) is 13.7. The van der Waals surface area contributed by atoms with E-state index in [0.717, 1.165) is 13.0 Å². The van der Waals surface area contributed by atoms with Gasteiger partial charge in [-0.2, -0.15) is 0 Å². The van der Waals surface area contributed by atoms with Crippen LogP contribution in [0.4, 0.5) is 4.39 Å². The minimum atomic E-state index is -0.164. The van der Waals surface area contributed by atoms with Gasteiger partial charge in [0.25, 0.3) is 0 Å². The lowest BCUT2D eigenvalue weighted by Crippen LogP contribution is -2.28. The maximum Gasteiger partial charge on any atom is 0.128 e. The summed E-state index contributed by atoms with van der Waals surface area (Å²) in [5.41, 5.74) is 0.692. The third-order valence-corrected chi connectivity index (χ3v) is 3.74. The lowest BCUT2D eigenvalue weighted by Gasteiger charge is -2.21. The number of halogens is 1. The van der Waals surface area contributed by atoms with Crippen molar-refractivity contribution in [3.63, 3.8) is 0 Å². The zero-order valence-corrected chi connectivity index (χ0v) is 13.7. The summed E-state index contributed by atoms with van der Waals surface area (Å²) in [6.45, 7) is 7.67. The Balaban J connectivity index is 2.43. The first-order valence-electron chi connectivity index (χ1n) is 8.28. The number of hydrogen-bond donors (Lipinski definition) is 1. The molecule has 0 aliphatic heterocycles. The van der Waals surface area contributed by atoms with Gasteiger partial charge in [-0.3, -0.25) is 0 Å². The topological polar surface area (TPSA) is 21.3 Å². The van der Waals surface area contributed by atoms with Gasteiger partial charge in [0.2, 0.25) is 0 Å². The normalized spacial score (nSPS) is 14.1. The van der Waals surface area contributed by atoms with Crippen LogP contribution in [-0.2, 0) is 4.74 Å². The molecule has 2 atom stereocenters. The molecule has 1 N–H and O–H groups in total. The van der Waals surface area contributed by atoms with Crippen molar-refractivity contribution in [1.29, 1.82) is 0 Å². The molecule has 1 aromatic carbocycles. The van der Waals surface area contributed by atoms with Gasteiger partial charge >= 0.3 is 0 Å². The van der Waals surface area contributed by atoms with E-state index in [0.29, 0.717) is 12.2 Å². The number of nitrogens with one attached hydrogen (secondary N) is 1. The molecule has 0 heterocycles. The summed E-state index contributed by atoms with van der Waals surface area (Å²) in [6.07, 6.45) is 6.34. The van der Waals surface area contributed by atoms with Gasteiger partial charge in [0, 0.05) is 5.56 Å². The second-order valence-corrected chi connectivity index (χ2v) is 5.63. The third kappa shape index (κ3) is 7.05. The highest BCUT2D eigenvalue weighted by Crippen LogP contribution is 2.18. The fourth-order valence-corrected chi connectivity index (χ4v) is 2.47. The molecule has 3 heteroatoms. The number of benzene rings is 1. The molecule has 1 aromatic rings. The molecule has 0 saturated heterocycles. The Hall–Kier alpha value is -0.930. The second kappa shape index (κ2) is 10.7. The van der Waals surface area contributed by atoms with Crippen molar-refractivity contribution in [2.75, 3.05) is 13.2 Å². The van der Waals surface area contributed by atoms with Crippen LogP contribution >= 0.6 is 0 Å². The van der Waals surface area contributed by atoms with E-state index in [4.69, 9.17) is 4.74 Å². The van der Waals surface area contributed by atoms with Crippen molar-refractivity contribution < 1.29 is 9.13 Å². The lowest BCUT2D eigenvalue weighted by molar-refractivity contribution is 0.0425. The van der Waals surface area contributed by atoms with Gasteiger partial charge in [0.1, 0.15) is 5.82 Å². The monoisotopic (exact) mass is 295 g/mol. The van der Waals surface area contributed by atoms with Crippen molar-refractivity contribution in [3.05, 3.63) is 35.6 Å². The SMILES string of the molecule is CCCCCCC(C)OCC(NCC)c1ccccc1F.